The summed E-state index contributed by atoms with van der Waals surface area (Å²) in [7, 11) is 0. The van der Waals surface area contributed by atoms with Gasteiger partial charge in [0.05, 0.1) is 13.2 Å². The normalized spacial score (nSPS) is 24.6. The Balaban J connectivity index is 1.59. The number of morpholine rings is 1. The molecule has 24 heavy (non-hydrogen) atoms. The molecule has 1 atom stereocenters. The molecule has 1 N–H and O–H groups in total. The molecule has 4 nitrogen and oxygen atoms in total. The smallest absolute Gasteiger partial charge is 0.148 e. The molecule has 0 aliphatic carbocycles. The molecule has 0 amide bonds. The molecule has 0 aromatic heterocycles. The maximum Gasteiger partial charge on any atom is 0.148 e. The molecule has 2 saturated heterocycles. The minimum absolute atomic E-state index is 0.267. The zero-order valence-electron chi connectivity index (χ0n) is 14.1. The van der Waals surface area contributed by atoms with Crippen LogP contribution in [0, 0.1) is 12.3 Å². The molecule has 130 valence electrons. The third-order valence-electron chi connectivity index (χ3n) is 4.82. The average molecular weight is 346 g/mol. The number of ether oxygens (including phenoxy) is 2. The summed E-state index contributed by atoms with van der Waals surface area (Å²) in [5.41, 5.74) is 1.43. The molecule has 5 heteroatoms. The van der Waals surface area contributed by atoms with E-state index in [0.717, 1.165) is 50.7 Å². The van der Waals surface area contributed by atoms with Crippen molar-refractivity contribution in [2.24, 2.45) is 0 Å². The van der Waals surface area contributed by atoms with Crippen molar-refractivity contribution < 1.29 is 9.47 Å². The fourth-order valence-electron chi connectivity index (χ4n) is 3.47. The fourth-order valence-corrected chi connectivity index (χ4v) is 4.95. The molecular formula is C19H26N2O2S. The first-order chi connectivity index (χ1) is 11.8. The topological polar surface area (TPSA) is 33.7 Å². The predicted molar refractivity (Wildman–Crippen MR) is 99.5 cm³/mol. The molecule has 0 bridgehead atoms. The molecular weight excluding hydrogens is 320 g/mol. The standard InChI is InChI=1S/C19H26N2O2S/c1-2-10-23-18-6-4-3-5-17(18)14-20-15-19(7-13-24-16-19)21-8-11-22-12-9-21/h1,3-6,20H,7-16H2. The highest BCUT2D eigenvalue weighted by Gasteiger charge is 2.40. The van der Waals surface area contributed by atoms with Gasteiger partial charge < -0.3 is 14.8 Å². The van der Waals surface area contributed by atoms with Gasteiger partial charge in [-0.25, -0.2) is 0 Å². The SMILES string of the molecule is C#CCOc1ccccc1CNCC1(N2CCOCC2)CCSC1. The number of terminal acetylenes is 1. The second-order valence-corrected chi connectivity index (χ2v) is 7.44. The van der Waals surface area contributed by atoms with Gasteiger partial charge in [-0.05, 0) is 18.2 Å². The van der Waals surface area contributed by atoms with Crippen LogP contribution in [-0.2, 0) is 11.3 Å². The highest BCUT2D eigenvalue weighted by molar-refractivity contribution is 7.99. The molecule has 2 aliphatic heterocycles. The Morgan fingerprint density at radius 2 is 2.17 bits per heavy atom. The van der Waals surface area contributed by atoms with Crippen molar-refractivity contribution in [2.75, 3.05) is 51.0 Å². The van der Waals surface area contributed by atoms with E-state index in [0.29, 0.717) is 6.61 Å². The van der Waals surface area contributed by atoms with Crippen LogP contribution in [-0.4, -0.2) is 61.4 Å². The molecule has 2 heterocycles. The highest BCUT2D eigenvalue weighted by atomic mass is 32.2. The van der Waals surface area contributed by atoms with Crippen LogP contribution in [0.2, 0.25) is 0 Å². The third-order valence-corrected chi connectivity index (χ3v) is 6.05. The van der Waals surface area contributed by atoms with Crippen molar-refractivity contribution in [1.29, 1.82) is 0 Å². The lowest BCUT2D eigenvalue weighted by molar-refractivity contribution is -0.0134. The first kappa shape index (κ1) is 17.6. The van der Waals surface area contributed by atoms with Crippen LogP contribution in [0.15, 0.2) is 24.3 Å². The Morgan fingerprint density at radius 1 is 1.33 bits per heavy atom. The zero-order chi connectivity index (χ0) is 16.7. The van der Waals surface area contributed by atoms with Gasteiger partial charge in [-0.3, -0.25) is 4.90 Å². The van der Waals surface area contributed by atoms with Crippen LogP contribution in [0.25, 0.3) is 0 Å². The number of benzene rings is 1. The molecule has 0 spiro atoms. The summed E-state index contributed by atoms with van der Waals surface area (Å²) >= 11 is 2.07. The number of nitrogens with zero attached hydrogens (tertiary/aromatic N) is 1. The summed E-state index contributed by atoms with van der Waals surface area (Å²) in [5, 5.41) is 3.67. The van der Waals surface area contributed by atoms with Gasteiger partial charge in [0, 0.05) is 43.0 Å². The Morgan fingerprint density at radius 3 is 2.92 bits per heavy atom. The maximum atomic E-state index is 5.64. The van der Waals surface area contributed by atoms with Gasteiger partial charge in [-0.1, -0.05) is 24.1 Å². The van der Waals surface area contributed by atoms with Gasteiger partial charge in [0.25, 0.3) is 0 Å². The van der Waals surface area contributed by atoms with Crippen LogP contribution < -0.4 is 10.1 Å². The molecule has 1 aromatic carbocycles. The number of hydrogen-bond donors (Lipinski definition) is 1. The minimum atomic E-state index is 0.267. The fraction of sp³-hybridized carbons (Fsp3) is 0.579. The van der Waals surface area contributed by atoms with E-state index in [4.69, 9.17) is 15.9 Å². The summed E-state index contributed by atoms with van der Waals surface area (Å²) in [5.74, 6) is 5.86. The number of nitrogens with one attached hydrogen (secondary N) is 1. The van der Waals surface area contributed by atoms with E-state index in [-0.39, 0.29) is 5.54 Å². The lowest BCUT2D eigenvalue weighted by Gasteiger charge is -2.43. The van der Waals surface area contributed by atoms with Gasteiger partial charge in [-0.15, -0.1) is 6.42 Å². The molecule has 0 radical (unpaired) electrons. The summed E-state index contributed by atoms with van der Waals surface area (Å²) < 4.78 is 11.2. The number of hydrogen-bond acceptors (Lipinski definition) is 5. The highest BCUT2D eigenvalue weighted by Crippen LogP contribution is 2.33. The summed E-state index contributed by atoms with van der Waals surface area (Å²) in [6.45, 7) is 5.92. The van der Waals surface area contributed by atoms with E-state index in [1.54, 1.807) is 0 Å². The first-order valence-electron chi connectivity index (χ1n) is 8.59. The molecule has 2 aliphatic rings. The van der Waals surface area contributed by atoms with Gasteiger partial charge in [0.2, 0.25) is 0 Å². The van der Waals surface area contributed by atoms with E-state index < -0.39 is 0 Å². The third kappa shape index (κ3) is 4.25. The summed E-state index contributed by atoms with van der Waals surface area (Å²) in [4.78, 5) is 2.63. The molecule has 3 rings (SSSR count). The van der Waals surface area contributed by atoms with Gasteiger partial charge >= 0.3 is 0 Å². The first-order valence-corrected chi connectivity index (χ1v) is 9.75. The van der Waals surface area contributed by atoms with E-state index in [9.17, 15) is 0 Å². The van der Waals surface area contributed by atoms with Gasteiger partial charge in [-0.2, -0.15) is 11.8 Å². The Hall–Kier alpha value is -1.19. The van der Waals surface area contributed by atoms with Gasteiger partial charge in [0.15, 0.2) is 0 Å². The monoisotopic (exact) mass is 346 g/mol. The van der Waals surface area contributed by atoms with Crippen molar-refractivity contribution in [3.63, 3.8) is 0 Å². The Kier molecular flexibility index (Phi) is 6.44. The minimum Gasteiger partial charge on any atom is -0.481 e. The second-order valence-electron chi connectivity index (χ2n) is 6.33. The summed E-state index contributed by atoms with van der Waals surface area (Å²) in [6.07, 6.45) is 6.55. The van der Waals surface area contributed by atoms with Crippen LogP contribution in [0.1, 0.15) is 12.0 Å². The van der Waals surface area contributed by atoms with Crippen molar-refractivity contribution in [3.8, 4) is 18.1 Å². The van der Waals surface area contributed by atoms with E-state index in [2.05, 4.69) is 34.0 Å². The van der Waals surface area contributed by atoms with Crippen molar-refractivity contribution in [2.45, 2.75) is 18.5 Å². The van der Waals surface area contributed by atoms with Crippen molar-refractivity contribution >= 4 is 11.8 Å². The van der Waals surface area contributed by atoms with E-state index in [1.165, 1.54) is 17.9 Å². The molecule has 2 fully saturated rings. The van der Waals surface area contributed by atoms with Crippen LogP contribution in [0.3, 0.4) is 0 Å². The van der Waals surface area contributed by atoms with Crippen molar-refractivity contribution in [1.82, 2.24) is 10.2 Å². The average Bonchev–Trinajstić information content (AvgIpc) is 3.12. The molecule has 1 unspecified atom stereocenters. The van der Waals surface area contributed by atoms with E-state index in [1.807, 2.05) is 18.2 Å². The van der Waals surface area contributed by atoms with Crippen molar-refractivity contribution in [3.05, 3.63) is 29.8 Å². The number of thioether (sulfide) groups is 1. The zero-order valence-corrected chi connectivity index (χ0v) is 14.9. The Bertz CT molecular complexity index is 561. The van der Waals surface area contributed by atoms with Crippen LogP contribution in [0.5, 0.6) is 5.75 Å². The predicted octanol–water partition coefficient (Wildman–Crippen LogP) is 2.00. The van der Waals surface area contributed by atoms with Crippen LogP contribution >= 0.6 is 11.8 Å². The van der Waals surface area contributed by atoms with E-state index >= 15 is 0 Å². The second kappa shape index (κ2) is 8.77. The number of rotatable bonds is 7. The van der Waals surface area contributed by atoms with Gasteiger partial charge in [0.1, 0.15) is 12.4 Å². The quantitative estimate of drug-likeness (QED) is 0.764. The van der Waals surface area contributed by atoms with Crippen LogP contribution in [0.4, 0.5) is 0 Å². The maximum absolute atomic E-state index is 5.64. The lowest BCUT2D eigenvalue weighted by Crippen LogP contribution is -2.58. The largest absolute Gasteiger partial charge is 0.481 e. The Labute approximate surface area is 149 Å². The summed E-state index contributed by atoms with van der Waals surface area (Å²) in [6, 6.07) is 8.11. The molecule has 0 saturated carbocycles. The molecule has 1 aromatic rings. The lowest BCUT2D eigenvalue weighted by atomic mass is 9.95. The number of para-hydroxylation sites is 1.